The molecule has 0 saturated heterocycles. The van der Waals surface area contributed by atoms with Crippen molar-refractivity contribution in [1.82, 2.24) is 4.98 Å². The number of fused-ring (bicyclic) bond motifs is 1. The second-order valence-electron chi connectivity index (χ2n) is 5.52. The number of hydrogen-bond donors (Lipinski definition) is 0. The third-order valence-corrected chi connectivity index (χ3v) is 3.75. The molecule has 0 amide bonds. The van der Waals surface area contributed by atoms with Crippen molar-refractivity contribution in [2.45, 2.75) is 46.5 Å². The average molecular weight is 289 g/mol. The summed E-state index contributed by atoms with van der Waals surface area (Å²) in [7, 11) is 0. The van der Waals surface area contributed by atoms with E-state index in [0.717, 1.165) is 18.4 Å². The van der Waals surface area contributed by atoms with E-state index in [1.54, 1.807) is 6.07 Å². The predicted molar refractivity (Wildman–Crippen MR) is 83.8 cm³/mol. The fourth-order valence-electron chi connectivity index (χ4n) is 2.32. The van der Waals surface area contributed by atoms with Gasteiger partial charge in [-0.15, -0.1) is 0 Å². The quantitative estimate of drug-likeness (QED) is 0.770. The van der Waals surface area contributed by atoms with Crippen molar-refractivity contribution in [3.05, 3.63) is 34.2 Å². The largest absolute Gasteiger partial charge is 0.450 e. The first-order chi connectivity index (χ1) is 10.1. The Morgan fingerprint density at radius 1 is 1.33 bits per heavy atom. The molecule has 2 aromatic rings. The van der Waals surface area contributed by atoms with Crippen LogP contribution in [0, 0.1) is 12.8 Å². The van der Waals surface area contributed by atoms with Gasteiger partial charge in [0.25, 0.3) is 0 Å². The lowest BCUT2D eigenvalue weighted by Gasteiger charge is -2.14. The van der Waals surface area contributed by atoms with Crippen molar-refractivity contribution in [3.8, 4) is 6.08 Å². The molecule has 1 aromatic carbocycles. The van der Waals surface area contributed by atoms with Gasteiger partial charge in [-0.1, -0.05) is 44.7 Å². The van der Waals surface area contributed by atoms with Gasteiger partial charge in [-0.05, 0) is 31.4 Å². The van der Waals surface area contributed by atoms with Crippen LogP contribution >= 0.6 is 0 Å². The molecule has 21 heavy (non-hydrogen) atoms. The van der Waals surface area contributed by atoms with Gasteiger partial charge in [-0.3, -0.25) is 0 Å². The Morgan fingerprint density at radius 3 is 2.86 bits per heavy atom. The predicted octanol–water partition coefficient (Wildman–Crippen LogP) is 4.09. The lowest BCUT2D eigenvalue weighted by molar-refractivity contribution is 0.171. The summed E-state index contributed by atoms with van der Waals surface area (Å²) in [5.41, 5.74) is 1.24. The molecule has 1 heterocycles. The maximum absolute atomic E-state index is 12.0. The van der Waals surface area contributed by atoms with E-state index in [1.165, 1.54) is 12.8 Å². The van der Waals surface area contributed by atoms with Gasteiger partial charge in [0.15, 0.2) is 0 Å². The highest BCUT2D eigenvalue weighted by Gasteiger charge is 2.11. The zero-order valence-electron chi connectivity index (χ0n) is 13.0. The van der Waals surface area contributed by atoms with Gasteiger partial charge in [0.2, 0.25) is 0 Å². The van der Waals surface area contributed by atoms with E-state index in [9.17, 15) is 4.79 Å². The molecule has 1 atom stereocenters. The summed E-state index contributed by atoms with van der Waals surface area (Å²) in [4.78, 5) is 16.2. The third-order valence-electron chi connectivity index (χ3n) is 3.75. The van der Waals surface area contributed by atoms with Crippen molar-refractivity contribution >= 4 is 10.9 Å². The Labute approximate surface area is 125 Å². The van der Waals surface area contributed by atoms with Crippen molar-refractivity contribution in [2.24, 2.45) is 5.92 Å². The number of aromatic nitrogens is 1. The minimum atomic E-state index is -0.389. The monoisotopic (exact) mass is 289 g/mol. The van der Waals surface area contributed by atoms with Gasteiger partial charge < -0.3 is 9.15 Å². The Kier molecular flexibility index (Phi) is 5.37. The van der Waals surface area contributed by atoms with Gasteiger partial charge in [-0.25, -0.2) is 4.79 Å². The fourth-order valence-corrected chi connectivity index (χ4v) is 2.32. The van der Waals surface area contributed by atoms with Gasteiger partial charge in [-0.2, -0.15) is 4.98 Å². The molecule has 0 aliphatic rings. The molecular formula is C17H23NO3. The summed E-state index contributed by atoms with van der Waals surface area (Å²) >= 11 is 0. The molecule has 0 saturated carbocycles. The number of ether oxygens (including phenoxy) is 1. The normalized spacial score (nSPS) is 12.5. The number of nitrogens with zero attached hydrogens (tertiary/aromatic N) is 1. The molecular weight excluding hydrogens is 266 g/mol. The minimum absolute atomic E-state index is 0.0753. The standard InChI is InChI=1S/C17H23NO3/c1-4-6-7-13(5-2)11-20-17-18-15-9-8-12(3)10-14(15)16(19)21-17/h8-10,13H,4-7,11H2,1-3H3. The van der Waals surface area contributed by atoms with E-state index >= 15 is 0 Å². The van der Waals surface area contributed by atoms with Crippen molar-refractivity contribution in [1.29, 1.82) is 0 Å². The number of aryl methyl sites for hydroxylation is 1. The lowest BCUT2D eigenvalue weighted by atomic mass is 10.0. The summed E-state index contributed by atoms with van der Waals surface area (Å²) in [5, 5.41) is 0.500. The third kappa shape index (κ3) is 4.06. The topological polar surface area (TPSA) is 52.3 Å². The van der Waals surface area contributed by atoms with E-state index in [-0.39, 0.29) is 11.7 Å². The first-order valence-electron chi connectivity index (χ1n) is 7.68. The van der Waals surface area contributed by atoms with Crippen molar-refractivity contribution < 1.29 is 9.15 Å². The summed E-state index contributed by atoms with van der Waals surface area (Å²) in [6.45, 7) is 6.81. The smallest absolute Gasteiger partial charge is 0.397 e. The summed E-state index contributed by atoms with van der Waals surface area (Å²) in [6.07, 6.45) is 4.63. The maximum Gasteiger partial charge on any atom is 0.397 e. The molecule has 2 rings (SSSR count). The Morgan fingerprint density at radius 2 is 2.14 bits per heavy atom. The highest BCUT2D eigenvalue weighted by molar-refractivity contribution is 5.77. The molecule has 0 N–H and O–H groups in total. The number of benzene rings is 1. The van der Waals surface area contributed by atoms with E-state index in [2.05, 4.69) is 18.8 Å². The first-order valence-corrected chi connectivity index (χ1v) is 7.68. The molecule has 1 aromatic heterocycles. The Balaban J connectivity index is 2.12. The van der Waals surface area contributed by atoms with Crippen LogP contribution in [0.4, 0.5) is 0 Å². The van der Waals surface area contributed by atoms with Crippen LogP contribution in [0.1, 0.15) is 45.1 Å². The summed E-state index contributed by atoms with van der Waals surface area (Å²) in [6, 6.07) is 5.53. The van der Waals surface area contributed by atoms with Crippen LogP contribution in [0.15, 0.2) is 27.4 Å². The van der Waals surface area contributed by atoms with Crippen LogP contribution in [-0.2, 0) is 0 Å². The molecule has 0 aliphatic carbocycles. The van der Waals surface area contributed by atoms with E-state index in [4.69, 9.17) is 9.15 Å². The van der Waals surface area contributed by atoms with Crippen LogP contribution in [-0.4, -0.2) is 11.6 Å². The SMILES string of the molecule is CCCCC(CC)COc1nc2ccc(C)cc2c(=O)o1. The van der Waals surface area contributed by atoms with Crippen LogP contribution in [0.5, 0.6) is 6.08 Å². The average Bonchev–Trinajstić information content (AvgIpc) is 2.48. The van der Waals surface area contributed by atoms with Crippen LogP contribution < -0.4 is 10.4 Å². The number of hydrogen-bond acceptors (Lipinski definition) is 4. The molecule has 0 radical (unpaired) electrons. The van der Waals surface area contributed by atoms with Crippen LogP contribution in [0.2, 0.25) is 0 Å². The van der Waals surface area contributed by atoms with Gasteiger partial charge in [0.05, 0.1) is 17.5 Å². The molecule has 4 heteroatoms. The van der Waals surface area contributed by atoms with Crippen molar-refractivity contribution in [2.75, 3.05) is 6.61 Å². The van der Waals surface area contributed by atoms with E-state index in [1.807, 2.05) is 19.1 Å². The molecule has 0 spiro atoms. The fraction of sp³-hybridized carbons (Fsp3) is 0.529. The van der Waals surface area contributed by atoms with Gasteiger partial charge in [0.1, 0.15) is 0 Å². The van der Waals surface area contributed by atoms with Crippen molar-refractivity contribution in [3.63, 3.8) is 0 Å². The molecule has 114 valence electrons. The molecule has 0 fully saturated rings. The van der Waals surface area contributed by atoms with Crippen LogP contribution in [0.25, 0.3) is 10.9 Å². The highest BCUT2D eigenvalue weighted by Crippen LogP contribution is 2.17. The van der Waals surface area contributed by atoms with E-state index in [0.29, 0.717) is 23.4 Å². The van der Waals surface area contributed by atoms with Gasteiger partial charge >= 0.3 is 11.7 Å². The number of rotatable bonds is 7. The van der Waals surface area contributed by atoms with E-state index < -0.39 is 0 Å². The first kappa shape index (κ1) is 15.5. The minimum Gasteiger partial charge on any atom is -0.450 e. The lowest BCUT2D eigenvalue weighted by Crippen LogP contribution is -2.13. The Bertz CT molecular complexity index is 648. The highest BCUT2D eigenvalue weighted by atomic mass is 16.6. The maximum atomic E-state index is 12.0. The molecule has 1 unspecified atom stereocenters. The zero-order valence-corrected chi connectivity index (χ0v) is 13.0. The second kappa shape index (κ2) is 7.25. The molecule has 0 bridgehead atoms. The molecule has 0 aliphatic heterocycles. The Hall–Kier alpha value is -1.84. The van der Waals surface area contributed by atoms with Gasteiger partial charge in [0, 0.05) is 0 Å². The zero-order chi connectivity index (χ0) is 15.2. The summed E-state index contributed by atoms with van der Waals surface area (Å²) < 4.78 is 10.8. The van der Waals surface area contributed by atoms with Crippen LogP contribution in [0.3, 0.4) is 0 Å². The molecule has 4 nitrogen and oxygen atoms in total. The number of unbranched alkanes of at least 4 members (excludes halogenated alkanes) is 1. The second-order valence-corrected chi connectivity index (χ2v) is 5.52. The summed E-state index contributed by atoms with van der Waals surface area (Å²) in [5.74, 6) is 0.478.